The Morgan fingerprint density at radius 3 is 2.07 bits per heavy atom. The first kappa shape index (κ1) is 15.7. The van der Waals surface area contributed by atoms with Crippen LogP contribution in [-0.2, 0) is 0 Å². The van der Waals surface area contributed by atoms with E-state index < -0.39 is 0 Å². The molecule has 0 saturated heterocycles. The molecule has 0 aliphatic heterocycles. The summed E-state index contributed by atoms with van der Waals surface area (Å²) >= 11 is 0. The molecule has 130 valence electrons. The molecular weight excluding hydrogens is 332 g/mol. The first-order valence-electron chi connectivity index (χ1n) is 8.92. The van der Waals surface area contributed by atoms with Crippen LogP contribution in [0, 0.1) is 0 Å². The lowest BCUT2D eigenvalue weighted by Crippen LogP contribution is -2.24. The number of rotatable bonds is 3. The van der Waals surface area contributed by atoms with E-state index in [9.17, 15) is 0 Å². The van der Waals surface area contributed by atoms with Crippen molar-refractivity contribution in [2.45, 2.75) is 0 Å². The van der Waals surface area contributed by atoms with Crippen LogP contribution in [0.25, 0.3) is 33.1 Å². The number of hydrogen-bond acceptors (Lipinski definition) is 3. The molecule has 5 rings (SSSR count). The van der Waals surface area contributed by atoms with E-state index in [-0.39, 0.29) is 0 Å². The third kappa shape index (κ3) is 2.65. The lowest BCUT2D eigenvalue weighted by Gasteiger charge is -2.19. The van der Waals surface area contributed by atoms with Crippen LogP contribution in [0.3, 0.4) is 0 Å². The van der Waals surface area contributed by atoms with Gasteiger partial charge in [-0.2, -0.15) is 0 Å². The molecule has 0 unspecified atom stereocenters. The Hall–Kier alpha value is -3.56. The van der Waals surface area contributed by atoms with Crippen molar-refractivity contribution >= 4 is 33.3 Å². The molecule has 0 amide bonds. The summed E-state index contributed by atoms with van der Waals surface area (Å²) < 4.78 is 6.15. The van der Waals surface area contributed by atoms with Gasteiger partial charge in [0.2, 0.25) is 0 Å². The minimum atomic E-state index is 0.911. The van der Waals surface area contributed by atoms with Crippen molar-refractivity contribution in [2.75, 3.05) is 5.01 Å². The summed E-state index contributed by atoms with van der Waals surface area (Å²) in [5.74, 6) is 6.26. The Bertz CT molecular complexity index is 1220. The maximum absolute atomic E-state index is 6.26. The summed E-state index contributed by atoms with van der Waals surface area (Å²) in [4.78, 5) is 0. The molecule has 0 aliphatic rings. The Balaban J connectivity index is 1.57. The van der Waals surface area contributed by atoms with E-state index >= 15 is 0 Å². The molecule has 1 heterocycles. The summed E-state index contributed by atoms with van der Waals surface area (Å²) in [5, 5.41) is 3.96. The second-order valence-electron chi connectivity index (χ2n) is 6.53. The van der Waals surface area contributed by atoms with Crippen LogP contribution in [-0.4, -0.2) is 0 Å². The molecule has 0 spiro atoms. The van der Waals surface area contributed by atoms with E-state index in [1.54, 1.807) is 5.01 Å². The quantitative estimate of drug-likeness (QED) is 0.308. The van der Waals surface area contributed by atoms with Crippen molar-refractivity contribution in [3.63, 3.8) is 0 Å². The van der Waals surface area contributed by atoms with Gasteiger partial charge in [-0.1, -0.05) is 66.7 Å². The van der Waals surface area contributed by atoms with Gasteiger partial charge in [0.15, 0.2) is 0 Å². The zero-order valence-electron chi connectivity index (χ0n) is 14.7. The number of hydrogen-bond donors (Lipinski definition) is 1. The minimum absolute atomic E-state index is 0.911. The van der Waals surface area contributed by atoms with Crippen molar-refractivity contribution in [2.24, 2.45) is 5.84 Å². The highest BCUT2D eigenvalue weighted by atomic mass is 16.3. The van der Waals surface area contributed by atoms with Crippen LogP contribution < -0.4 is 10.9 Å². The van der Waals surface area contributed by atoms with Gasteiger partial charge in [-0.3, -0.25) is 5.01 Å². The van der Waals surface area contributed by atoms with E-state index in [1.165, 1.54) is 0 Å². The van der Waals surface area contributed by atoms with Gasteiger partial charge in [0.1, 0.15) is 11.2 Å². The summed E-state index contributed by atoms with van der Waals surface area (Å²) in [6.07, 6.45) is 0. The zero-order valence-corrected chi connectivity index (χ0v) is 14.7. The molecular formula is C24H18N2O. The lowest BCUT2D eigenvalue weighted by molar-refractivity contribution is 0.670. The van der Waals surface area contributed by atoms with E-state index in [4.69, 9.17) is 10.3 Å². The van der Waals surface area contributed by atoms with Gasteiger partial charge in [0, 0.05) is 16.3 Å². The summed E-state index contributed by atoms with van der Waals surface area (Å²) in [5.41, 5.74) is 5.89. The first-order valence-corrected chi connectivity index (χ1v) is 8.92. The fraction of sp³-hybridized carbons (Fsp3) is 0. The molecule has 3 nitrogen and oxygen atoms in total. The third-order valence-corrected chi connectivity index (χ3v) is 4.90. The molecule has 0 saturated carbocycles. The van der Waals surface area contributed by atoms with Crippen LogP contribution in [0.1, 0.15) is 0 Å². The van der Waals surface area contributed by atoms with E-state index in [0.717, 1.165) is 44.4 Å². The number of nitrogens with zero attached hydrogens (tertiary/aromatic N) is 1. The van der Waals surface area contributed by atoms with Gasteiger partial charge in [-0.25, -0.2) is 5.84 Å². The van der Waals surface area contributed by atoms with E-state index in [0.29, 0.717) is 0 Å². The molecule has 0 radical (unpaired) electrons. The average Bonchev–Trinajstić information content (AvgIpc) is 3.13. The smallest absolute Gasteiger partial charge is 0.143 e. The van der Waals surface area contributed by atoms with Crippen LogP contribution in [0.2, 0.25) is 0 Å². The normalized spacial score (nSPS) is 11.1. The molecule has 27 heavy (non-hydrogen) atoms. The van der Waals surface area contributed by atoms with Crippen LogP contribution in [0.4, 0.5) is 11.4 Å². The maximum Gasteiger partial charge on any atom is 0.143 e. The second kappa shape index (κ2) is 6.31. The van der Waals surface area contributed by atoms with Crippen molar-refractivity contribution in [1.29, 1.82) is 0 Å². The molecule has 3 heteroatoms. The zero-order chi connectivity index (χ0) is 18.2. The van der Waals surface area contributed by atoms with Crippen LogP contribution >= 0.6 is 0 Å². The highest BCUT2D eigenvalue weighted by molar-refractivity contribution is 6.09. The standard InChI is InChI=1S/C24H18N2O/c25-26(18-7-2-1-3-8-18)19-15-13-17(14-16-19)20-10-6-11-22-21-9-4-5-12-23(21)27-24(20)22/h1-16H,25H2. The van der Waals surface area contributed by atoms with E-state index in [1.807, 2.05) is 60.7 Å². The van der Waals surface area contributed by atoms with Gasteiger partial charge >= 0.3 is 0 Å². The number of para-hydroxylation sites is 3. The summed E-state index contributed by atoms with van der Waals surface area (Å²) in [6.45, 7) is 0. The lowest BCUT2D eigenvalue weighted by atomic mass is 10.0. The number of fused-ring (bicyclic) bond motifs is 3. The number of benzene rings is 4. The molecule has 4 aromatic carbocycles. The average molecular weight is 350 g/mol. The van der Waals surface area contributed by atoms with Gasteiger partial charge in [-0.15, -0.1) is 0 Å². The highest BCUT2D eigenvalue weighted by Gasteiger charge is 2.12. The SMILES string of the molecule is NN(c1ccccc1)c1ccc(-c2cccc3c2oc2ccccc23)cc1. The molecule has 0 bridgehead atoms. The van der Waals surface area contributed by atoms with Crippen molar-refractivity contribution < 1.29 is 4.42 Å². The molecule has 0 fully saturated rings. The van der Waals surface area contributed by atoms with Crippen molar-refractivity contribution in [3.05, 3.63) is 97.1 Å². The van der Waals surface area contributed by atoms with Gasteiger partial charge in [-0.05, 0) is 35.9 Å². The Morgan fingerprint density at radius 2 is 1.26 bits per heavy atom. The number of nitrogens with two attached hydrogens (primary N) is 1. The molecule has 0 atom stereocenters. The Labute approximate surface area is 157 Å². The Morgan fingerprint density at radius 1 is 0.593 bits per heavy atom. The summed E-state index contributed by atoms with van der Waals surface area (Å²) in [7, 11) is 0. The fourth-order valence-electron chi connectivity index (χ4n) is 3.51. The number of anilines is 2. The minimum Gasteiger partial charge on any atom is -0.455 e. The highest BCUT2D eigenvalue weighted by Crippen LogP contribution is 2.36. The second-order valence-corrected chi connectivity index (χ2v) is 6.53. The van der Waals surface area contributed by atoms with Crippen molar-refractivity contribution in [3.8, 4) is 11.1 Å². The predicted octanol–water partition coefficient (Wildman–Crippen LogP) is 6.26. The van der Waals surface area contributed by atoms with Crippen LogP contribution in [0.5, 0.6) is 0 Å². The summed E-state index contributed by atoms with van der Waals surface area (Å²) in [6, 6.07) is 32.6. The van der Waals surface area contributed by atoms with Gasteiger partial charge in [0.05, 0.1) is 11.4 Å². The maximum atomic E-state index is 6.26. The monoisotopic (exact) mass is 350 g/mol. The Kier molecular flexibility index (Phi) is 3.66. The van der Waals surface area contributed by atoms with E-state index in [2.05, 4.69) is 36.4 Å². The molecule has 0 aliphatic carbocycles. The molecule has 1 aromatic heterocycles. The molecule has 5 aromatic rings. The van der Waals surface area contributed by atoms with Gasteiger partial charge < -0.3 is 4.42 Å². The van der Waals surface area contributed by atoms with Gasteiger partial charge in [0.25, 0.3) is 0 Å². The number of furan rings is 1. The largest absolute Gasteiger partial charge is 0.455 e. The first-order chi connectivity index (χ1) is 13.3. The van der Waals surface area contributed by atoms with Crippen LogP contribution in [0.15, 0.2) is 101 Å². The van der Waals surface area contributed by atoms with Crippen molar-refractivity contribution in [1.82, 2.24) is 0 Å². The number of hydrazine groups is 1. The third-order valence-electron chi connectivity index (χ3n) is 4.90. The molecule has 2 N–H and O–H groups in total. The predicted molar refractivity (Wildman–Crippen MR) is 112 cm³/mol. The topological polar surface area (TPSA) is 42.4 Å². The fourth-order valence-corrected chi connectivity index (χ4v) is 3.51.